The summed E-state index contributed by atoms with van der Waals surface area (Å²) in [7, 11) is 0. The van der Waals surface area contributed by atoms with Gasteiger partial charge in [-0.05, 0) is 20.3 Å². The van der Waals surface area contributed by atoms with Gasteiger partial charge in [0.05, 0.1) is 18.8 Å². The highest BCUT2D eigenvalue weighted by Gasteiger charge is 2.37. The van der Waals surface area contributed by atoms with Crippen molar-refractivity contribution in [1.29, 1.82) is 0 Å². The number of nitrogens with zero attached hydrogens (tertiary/aromatic N) is 1. The molecule has 3 heteroatoms. The minimum absolute atomic E-state index is 0.282. The summed E-state index contributed by atoms with van der Waals surface area (Å²) in [6.45, 7) is 13.0. The van der Waals surface area contributed by atoms with Gasteiger partial charge in [0.25, 0.3) is 0 Å². The summed E-state index contributed by atoms with van der Waals surface area (Å²) >= 11 is 0. The zero-order chi connectivity index (χ0) is 12.2. The summed E-state index contributed by atoms with van der Waals surface area (Å²) in [6.07, 6.45) is 1.33. The van der Waals surface area contributed by atoms with Crippen LogP contribution in [0.3, 0.4) is 0 Å². The third-order valence-corrected chi connectivity index (χ3v) is 3.46. The van der Waals surface area contributed by atoms with Gasteiger partial charge < -0.3 is 4.74 Å². The maximum absolute atomic E-state index is 12.3. The van der Waals surface area contributed by atoms with E-state index in [2.05, 4.69) is 18.4 Å². The fourth-order valence-corrected chi connectivity index (χ4v) is 2.12. The van der Waals surface area contributed by atoms with Gasteiger partial charge in [-0.3, -0.25) is 9.69 Å². The first kappa shape index (κ1) is 13.4. The zero-order valence-corrected chi connectivity index (χ0v) is 10.7. The Labute approximate surface area is 98.5 Å². The van der Waals surface area contributed by atoms with Gasteiger partial charge >= 0.3 is 0 Å². The molecule has 0 amide bonds. The molecule has 0 aromatic carbocycles. The summed E-state index contributed by atoms with van der Waals surface area (Å²) in [6, 6.07) is 0. The van der Waals surface area contributed by atoms with E-state index in [1.807, 2.05) is 13.8 Å². The number of ether oxygens (including phenoxy) is 1. The highest BCUT2D eigenvalue weighted by Crippen LogP contribution is 2.24. The van der Waals surface area contributed by atoms with Gasteiger partial charge in [0.15, 0.2) is 5.78 Å². The van der Waals surface area contributed by atoms with Crippen molar-refractivity contribution in [2.24, 2.45) is 0 Å². The van der Waals surface area contributed by atoms with Crippen molar-refractivity contribution < 1.29 is 9.53 Å². The summed E-state index contributed by atoms with van der Waals surface area (Å²) in [5, 5.41) is 0. The lowest BCUT2D eigenvalue weighted by atomic mass is 9.87. The summed E-state index contributed by atoms with van der Waals surface area (Å²) in [4.78, 5) is 14.5. The fourth-order valence-electron chi connectivity index (χ4n) is 2.12. The van der Waals surface area contributed by atoms with Gasteiger partial charge in [0.1, 0.15) is 0 Å². The van der Waals surface area contributed by atoms with E-state index in [0.717, 1.165) is 38.3 Å². The quantitative estimate of drug-likeness (QED) is 0.670. The SMILES string of the molecule is C=C(C)CC(=O)C(C)(CC)N1CCOCC1. The van der Waals surface area contributed by atoms with Crippen molar-refractivity contribution in [2.75, 3.05) is 26.3 Å². The Bertz CT molecular complexity index is 269. The zero-order valence-electron chi connectivity index (χ0n) is 10.7. The van der Waals surface area contributed by atoms with Gasteiger partial charge in [0, 0.05) is 19.5 Å². The van der Waals surface area contributed by atoms with Crippen LogP contribution in [0.15, 0.2) is 12.2 Å². The van der Waals surface area contributed by atoms with Crippen LogP contribution in [0.4, 0.5) is 0 Å². The Morgan fingerprint density at radius 2 is 2.00 bits per heavy atom. The molecule has 1 unspecified atom stereocenters. The highest BCUT2D eigenvalue weighted by atomic mass is 16.5. The molecule has 1 rings (SSSR count). The number of ketones is 1. The maximum atomic E-state index is 12.3. The maximum Gasteiger partial charge on any atom is 0.156 e. The molecule has 0 aromatic heterocycles. The number of carbonyl (C=O) groups excluding carboxylic acids is 1. The highest BCUT2D eigenvalue weighted by molar-refractivity contribution is 5.89. The van der Waals surface area contributed by atoms with Crippen LogP contribution in [0.2, 0.25) is 0 Å². The van der Waals surface area contributed by atoms with Crippen LogP contribution < -0.4 is 0 Å². The molecule has 1 aliphatic rings. The monoisotopic (exact) mass is 225 g/mol. The topological polar surface area (TPSA) is 29.5 Å². The van der Waals surface area contributed by atoms with E-state index >= 15 is 0 Å². The third-order valence-electron chi connectivity index (χ3n) is 3.46. The minimum atomic E-state index is -0.345. The van der Waals surface area contributed by atoms with E-state index in [1.165, 1.54) is 0 Å². The van der Waals surface area contributed by atoms with Gasteiger partial charge in [-0.15, -0.1) is 0 Å². The predicted molar refractivity (Wildman–Crippen MR) is 65.5 cm³/mol. The molecule has 0 saturated carbocycles. The Balaban J connectivity index is 2.74. The molecule has 92 valence electrons. The Morgan fingerprint density at radius 3 is 2.44 bits per heavy atom. The van der Waals surface area contributed by atoms with Gasteiger partial charge in [-0.25, -0.2) is 0 Å². The number of carbonyl (C=O) groups is 1. The van der Waals surface area contributed by atoms with Crippen molar-refractivity contribution in [3.63, 3.8) is 0 Å². The van der Waals surface area contributed by atoms with Gasteiger partial charge in [-0.1, -0.05) is 19.1 Å². The number of rotatable bonds is 5. The summed E-state index contributed by atoms with van der Waals surface area (Å²) in [5.41, 5.74) is 0.598. The van der Waals surface area contributed by atoms with E-state index in [1.54, 1.807) is 0 Å². The van der Waals surface area contributed by atoms with Gasteiger partial charge in [0.2, 0.25) is 0 Å². The van der Waals surface area contributed by atoms with Crippen LogP contribution in [0.1, 0.15) is 33.6 Å². The number of allylic oxidation sites excluding steroid dienone is 1. The van der Waals surface area contributed by atoms with E-state index in [-0.39, 0.29) is 11.3 Å². The van der Waals surface area contributed by atoms with E-state index < -0.39 is 0 Å². The lowest BCUT2D eigenvalue weighted by Gasteiger charge is -2.41. The average molecular weight is 225 g/mol. The standard InChI is InChI=1S/C13H23NO2/c1-5-13(4,12(15)10-11(2)3)14-6-8-16-9-7-14/h2,5-10H2,1,3-4H3. The first-order valence-corrected chi connectivity index (χ1v) is 6.01. The Morgan fingerprint density at radius 1 is 1.44 bits per heavy atom. The van der Waals surface area contributed by atoms with E-state index in [9.17, 15) is 4.79 Å². The number of hydrogen-bond donors (Lipinski definition) is 0. The normalized spacial score (nSPS) is 21.4. The molecule has 0 bridgehead atoms. The number of morpholine rings is 1. The molecule has 1 aliphatic heterocycles. The van der Waals surface area contributed by atoms with Crippen LogP contribution in [0, 0.1) is 0 Å². The predicted octanol–water partition coefficient (Wildman–Crippen LogP) is 2.02. The second-order valence-corrected chi connectivity index (χ2v) is 4.78. The second kappa shape index (κ2) is 5.60. The molecular weight excluding hydrogens is 202 g/mol. The lowest BCUT2D eigenvalue weighted by molar-refractivity contribution is -0.133. The molecule has 0 aliphatic carbocycles. The Hall–Kier alpha value is -0.670. The molecule has 0 aromatic rings. The van der Waals surface area contributed by atoms with Crippen LogP contribution >= 0.6 is 0 Å². The van der Waals surface area contributed by atoms with Crippen molar-refractivity contribution in [3.05, 3.63) is 12.2 Å². The van der Waals surface area contributed by atoms with Crippen molar-refractivity contribution >= 4 is 5.78 Å². The minimum Gasteiger partial charge on any atom is -0.379 e. The average Bonchev–Trinajstić information content (AvgIpc) is 2.28. The molecule has 1 fully saturated rings. The Kier molecular flexibility index (Phi) is 4.69. The smallest absolute Gasteiger partial charge is 0.156 e. The lowest BCUT2D eigenvalue weighted by Crippen LogP contribution is -2.56. The van der Waals surface area contributed by atoms with Gasteiger partial charge in [-0.2, -0.15) is 0 Å². The van der Waals surface area contributed by atoms with Crippen molar-refractivity contribution in [3.8, 4) is 0 Å². The summed E-state index contributed by atoms with van der Waals surface area (Å²) in [5.74, 6) is 0.282. The van der Waals surface area contributed by atoms with E-state index in [4.69, 9.17) is 4.74 Å². The molecule has 16 heavy (non-hydrogen) atoms. The molecule has 1 heterocycles. The van der Waals surface area contributed by atoms with Crippen molar-refractivity contribution in [2.45, 2.75) is 39.2 Å². The largest absolute Gasteiger partial charge is 0.379 e. The van der Waals surface area contributed by atoms with E-state index in [0.29, 0.717) is 6.42 Å². The first-order valence-electron chi connectivity index (χ1n) is 6.01. The van der Waals surface area contributed by atoms with Crippen LogP contribution in [-0.4, -0.2) is 42.5 Å². The summed E-state index contributed by atoms with van der Waals surface area (Å²) < 4.78 is 5.33. The molecule has 0 radical (unpaired) electrons. The molecule has 0 N–H and O–H groups in total. The molecule has 1 atom stereocenters. The molecule has 0 spiro atoms. The van der Waals surface area contributed by atoms with Crippen molar-refractivity contribution in [1.82, 2.24) is 4.90 Å². The molecule has 1 saturated heterocycles. The number of hydrogen-bond acceptors (Lipinski definition) is 3. The van der Waals surface area contributed by atoms with Crippen LogP contribution in [0.25, 0.3) is 0 Å². The number of Topliss-reactive ketones (excluding diaryl/α,β-unsaturated/α-hetero) is 1. The molecule has 3 nitrogen and oxygen atoms in total. The first-order chi connectivity index (χ1) is 7.50. The second-order valence-electron chi connectivity index (χ2n) is 4.78. The van der Waals surface area contributed by atoms with Crippen LogP contribution in [-0.2, 0) is 9.53 Å². The fraction of sp³-hybridized carbons (Fsp3) is 0.769. The third kappa shape index (κ3) is 2.92. The van der Waals surface area contributed by atoms with Crippen LogP contribution in [0.5, 0.6) is 0 Å². The molecular formula is C13H23NO2.